The van der Waals surface area contributed by atoms with Crippen LogP contribution in [0.5, 0.6) is 0 Å². The van der Waals surface area contributed by atoms with Gasteiger partial charge in [0.05, 0.1) is 6.20 Å². The van der Waals surface area contributed by atoms with Crippen LogP contribution in [0.2, 0.25) is 0 Å². The summed E-state index contributed by atoms with van der Waals surface area (Å²) >= 11 is 0. The largest absolute Gasteiger partial charge is 0.429 e. The molecule has 0 saturated heterocycles. The maximum absolute atomic E-state index is 5.16. The Labute approximate surface area is 51.9 Å². The fourth-order valence-corrected chi connectivity index (χ4v) is 0.843. The molecule has 0 atom stereocenters. The van der Waals surface area contributed by atoms with Crippen molar-refractivity contribution in [2.24, 2.45) is 0 Å². The lowest BCUT2D eigenvalue weighted by Crippen LogP contribution is -1.67. The molecule has 3 nitrogen and oxygen atoms in total. The van der Waals surface area contributed by atoms with Gasteiger partial charge in [-0.25, -0.2) is 4.98 Å². The molecule has 0 unspecified atom stereocenters. The van der Waals surface area contributed by atoms with Gasteiger partial charge in [-0.3, -0.25) is 4.40 Å². The molecule has 0 aliphatic carbocycles. The molecule has 2 rings (SSSR count). The zero-order chi connectivity index (χ0) is 6.27. The summed E-state index contributed by atoms with van der Waals surface area (Å²) in [6.07, 6.45) is 5.45. The van der Waals surface area contributed by atoms with Gasteiger partial charge in [0.15, 0.2) is 0 Å². The number of oxazole rings is 1. The van der Waals surface area contributed by atoms with Crippen molar-refractivity contribution in [2.75, 3.05) is 0 Å². The van der Waals surface area contributed by atoms with E-state index in [1.807, 2.05) is 23.7 Å². The average molecular weight is 122 g/mol. The van der Waals surface area contributed by atoms with Crippen LogP contribution in [0.25, 0.3) is 5.84 Å². The molecule has 46 valence electrons. The van der Waals surface area contributed by atoms with Gasteiger partial charge < -0.3 is 4.42 Å². The van der Waals surface area contributed by atoms with E-state index < -0.39 is 0 Å². The fourth-order valence-electron chi connectivity index (χ4n) is 0.843. The lowest BCUT2D eigenvalue weighted by atomic mass is 10.6. The van der Waals surface area contributed by atoms with Gasteiger partial charge in [0.2, 0.25) is 0 Å². The van der Waals surface area contributed by atoms with Crippen LogP contribution in [0.1, 0.15) is 5.76 Å². The smallest absolute Gasteiger partial charge is 0.305 e. The number of imidazole rings is 1. The monoisotopic (exact) mass is 122 g/mol. The van der Waals surface area contributed by atoms with E-state index in [1.54, 1.807) is 6.20 Å². The van der Waals surface area contributed by atoms with Crippen LogP contribution in [0, 0.1) is 6.92 Å². The highest BCUT2D eigenvalue weighted by Crippen LogP contribution is 2.04. The van der Waals surface area contributed by atoms with Gasteiger partial charge in [-0.1, -0.05) is 0 Å². The summed E-state index contributed by atoms with van der Waals surface area (Å²) in [5.41, 5.74) is 0. The van der Waals surface area contributed by atoms with E-state index in [2.05, 4.69) is 4.98 Å². The molecule has 0 fully saturated rings. The Kier molecular flexibility index (Phi) is 0.704. The Morgan fingerprint density at radius 3 is 3.33 bits per heavy atom. The maximum Gasteiger partial charge on any atom is 0.305 e. The molecule has 0 bridgehead atoms. The summed E-state index contributed by atoms with van der Waals surface area (Å²) in [5.74, 6) is 1.55. The van der Waals surface area contributed by atoms with Gasteiger partial charge in [-0.15, -0.1) is 0 Å². The first-order valence-corrected chi connectivity index (χ1v) is 2.75. The van der Waals surface area contributed by atoms with Crippen LogP contribution in [0.15, 0.2) is 23.0 Å². The minimum absolute atomic E-state index is 0.660. The molecule has 2 aromatic heterocycles. The maximum atomic E-state index is 5.16. The number of rotatable bonds is 0. The van der Waals surface area contributed by atoms with E-state index in [0.29, 0.717) is 5.84 Å². The standard InChI is InChI=1S/C6H6N2O/c1-5-4-8-3-2-7-6(8)9-5/h2-4H,1H3. The van der Waals surface area contributed by atoms with Crippen LogP contribution in [0.4, 0.5) is 0 Å². The molecule has 0 saturated carbocycles. The number of hydrogen-bond acceptors (Lipinski definition) is 2. The molecule has 0 N–H and O–H groups in total. The van der Waals surface area contributed by atoms with Crippen LogP contribution in [-0.2, 0) is 0 Å². The highest BCUT2D eigenvalue weighted by Gasteiger charge is 1.96. The lowest BCUT2D eigenvalue weighted by Gasteiger charge is -1.70. The van der Waals surface area contributed by atoms with Crippen LogP contribution >= 0.6 is 0 Å². The van der Waals surface area contributed by atoms with E-state index >= 15 is 0 Å². The van der Waals surface area contributed by atoms with Crippen LogP contribution in [-0.4, -0.2) is 9.38 Å². The first-order valence-electron chi connectivity index (χ1n) is 2.75. The third kappa shape index (κ3) is 0.543. The molecular weight excluding hydrogens is 116 g/mol. The Hall–Kier alpha value is -1.25. The zero-order valence-electron chi connectivity index (χ0n) is 5.03. The third-order valence-electron chi connectivity index (χ3n) is 1.21. The van der Waals surface area contributed by atoms with Gasteiger partial charge in [0.25, 0.3) is 0 Å². The molecule has 0 amide bonds. The molecule has 0 aliphatic heterocycles. The first-order chi connectivity index (χ1) is 4.36. The molecule has 0 aromatic carbocycles. The average Bonchev–Trinajstić information content (AvgIpc) is 2.22. The van der Waals surface area contributed by atoms with Crippen molar-refractivity contribution in [3.05, 3.63) is 24.4 Å². The summed E-state index contributed by atoms with van der Waals surface area (Å²) in [6.45, 7) is 1.90. The normalized spacial score (nSPS) is 10.8. The van der Waals surface area contributed by atoms with Gasteiger partial charge in [-0.05, 0) is 6.92 Å². The molecule has 2 heterocycles. The van der Waals surface area contributed by atoms with Crippen molar-refractivity contribution >= 4 is 5.84 Å². The van der Waals surface area contributed by atoms with Crippen molar-refractivity contribution in [1.29, 1.82) is 0 Å². The van der Waals surface area contributed by atoms with Gasteiger partial charge in [0, 0.05) is 12.4 Å². The summed E-state index contributed by atoms with van der Waals surface area (Å²) in [4.78, 5) is 3.94. The molecule has 0 radical (unpaired) electrons. The van der Waals surface area contributed by atoms with E-state index in [-0.39, 0.29) is 0 Å². The zero-order valence-corrected chi connectivity index (χ0v) is 5.03. The van der Waals surface area contributed by atoms with Crippen molar-refractivity contribution in [2.45, 2.75) is 6.92 Å². The van der Waals surface area contributed by atoms with Crippen LogP contribution in [0.3, 0.4) is 0 Å². The third-order valence-corrected chi connectivity index (χ3v) is 1.21. The first kappa shape index (κ1) is 4.61. The summed E-state index contributed by atoms with van der Waals surface area (Å²) in [5, 5.41) is 0. The molecule has 2 aromatic rings. The van der Waals surface area contributed by atoms with E-state index in [1.165, 1.54) is 0 Å². The summed E-state index contributed by atoms with van der Waals surface area (Å²) in [6, 6.07) is 0. The predicted octanol–water partition coefficient (Wildman–Crippen LogP) is 1.24. The van der Waals surface area contributed by atoms with Crippen molar-refractivity contribution in [3.8, 4) is 0 Å². The summed E-state index contributed by atoms with van der Waals surface area (Å²) < 4.78 is 7.00. The molecule has 3 heteroatoms. The Bertz CT molecular complexity index is 292. The van der Waals surface area contributed by atoms with Crippen LogP contribution < -0.4 is 0 Å². The van der Waals surface area contributed by atoms with E-state index in [9.17, 15) is 0 Å². The lowest BCUT2D eigenvalue weighted by molar-refractivity contribution is 0.562. The predicted molar refractivity (Wildman–Crippen MR) is 32.2 cm³/mol. The Morgan fingerprint density at radius 2 is 2.56 bits per heavy atom. The van der Waals surface area contributed by atoms with E-state index in [4.69, 9.17) is 4.42 Å². The number of aromatic nitrogens is 2. The molecular formula is C6H6N2O. The minimum atomic E-state index is 0.660. The molecule has 9 heavy (non-hydrogen) atoms. The highest BCUT2D eigenvalue weighted by atomic mass is 16.4. The number of hydrogen-bond donors (Lipinski definition) is 0. The second-order valence-electron chi connectivity index (χ2n) is 1.96. The number of aryl methyl sites for hydroxylation is 1. The van der Waals surface area contributed by atoms with Crippen molar-refractivity contribution in [1.82, 2.24) is 9.38 Å². The summed E-state index contributed by atoms with van der Waals surface area (Å²) in [7, 11) is 0. The number of nitrogens with zero attached hydrogens (tertiary/aromatic N) is 2. The fraction of sp³-hybridized carbons (Fsp3) is 0.167. The minimum Gasteiger partial charge on any atom is -0.429 e. The number of fused-ring (bicyclic) bond motifs is 1. The second-order valence-corrected chi connectivity index (χ2v) is 1.96. The van der Waals surface area contributed by atoms with Gasteiger partial charge in [0.1, 0.15) is 5.76 Å². The second kappa shape index (κ2) is 1.37. The van der Waals surface area contributed by atoms with Crippen molar-refractivity contribution < 1.29 is 4.42 Å². The quantitative estimate of drug-likeness (QED) is 0.526. The Morgan fingerprint density at radius 1 is 1.67 bits per heavy atom. The van der Waals surface area contributed by atoms with Gasteiger partial charge in [-0.2, -0.15) is 0 Å². The molecule has 0 aliphatic rings. The Balaban J connectivity index is 2.92. The van der Waals surface area contributed by atoms with E-state index in [0.717, 1.165) is 5.76 Å². The van der Waals surface area contributed by atoms with Crippen molar-refractivity contribution in [3.63, 3.8) is 0 Å². The topological polar surface area (TPSA) is 30.4 Å². The highest BCUT2D eigenvalue weighted by molar-refractivity contribution is 5.23. The van der Waals surface area contributed by atoms with Gasteiger partial charge >= 0.3 is 5.84 Å². The molecule has 0 spiro atoms. The SMILES string of the molecule is Cc1cn2ccnc2o1.